The van der Waals surface area contributed by atoms with Crippen molar-refractivity contribution in [1.82, 2.24) is 10.2 Å². The van der Waals surface area contributed by atoms with Crippen molar-refractivity contribution in [3.63, 3.8) is 0 Å². The normalized spacial score (nSPS) is 12.7. The number of nitrogens with one attached hydrogen (secondary N) is 1. The number of amides is 2. The molecule has 0 aliphatic rings. The molecule has 162 valence electrons. The Morgan fingerprint density at radius 3 is 2.30 bits per heavy atom. The van der Waals surface area contributed by atoms with E-state index in [0.717, 1.165) is 12.0 Å². The molecule has 0 saturated carbocycles. The number of benzene rings is 2. The predicted molar refractivity (Wildman–Crippen MR) is 121 cm³/mol. The van der Waals surface area contributed by atoms with Gasteiger partial charge in [-0.25, -0.2) is 0 Å². The fourth-order valence-corrected chi connectivity index (χ4v) is 3.09. The van der Waals surface area contributed by atoms with E-state index in [0.29, 0.717) is 20.8 Å². The highest BCUT2D eigenvalue weighted by molar-refractivity contribution is 6.42. The first-order valence-electron chi connectivity index (χ1n) is 9.63. The van der Waals surface area contributed by atoms with Crippen LogP contribution in [0.3, 0.4) is 0 Å². The number of halogens is 3. The molecule has 2 aromatic carbocycles. The van der Waals surface area contributed by atoms with Gasteiger partial charge >= 0.3 is 0 Å². The lowest BCUT2D eigenvalue weighted by Gasteiger charge is -2.29. The zero-order valence-corrected chi connectivity index (χ0v) is 19.4. The predicted octanol–water partition coefficient (Wildman–Crippen LogP) is 5.36. The first-order chi connectivity index (χ1) is 14.2. The fourth-order valence-electron chi connectivity index (χ4n) is 2.64. The third-order valence-corrected chi connectivity index (χ3v) is 5.67. The van der Waals surface area contributed by atoms with Crippen molar-refractivity contribution in [3.8, 4) is 5.75 Å². The molecule has 0 radical (unpaired) electrons. The summed E-state index contributed by atoms with van der Waals surface area (Å²) >= 11 is 18.0. The van der Waals surface area contributed by atoms with Crippen LogP contribution in [-0.4, -0.2) is 35.4 Å². The molecular weight excluding hydrogens is 447 g/mol. The number of carbonyl (C=O) groups excluding carboxylic acids is 2. The van der Waals surface area contributed by atoms with Crippen molar-refractivity contribution in [3.05, 3.63) is 63.1 Å². The van der Waals surface area contributed by atoms with Gasteiger partial charge in [-0.2, -0.15) is 0 Å². The van der Waals surface area contributed by atoms with E-state index in [1.54, 1.807) is 49.4 Å². The maximum Gasteiger partial charge on any atom is 0.261 e. The first kappa shape index (κ1) is 24.3. The zero-order chi connectivity index (χ0) is 22.3. The van der Waals surface area contributed by atoms with Gasteiger partial charge in [0.25, 0.3) is 5.91 Å². The topological polar surface area (TPSA) is 58.6 Å². The monoisotopic (exact) mass is 470 g/mol. The molecule has 0 spiro atoms. The summed E-state index contributed by atoms with van der Waals surface area (Å²) in [7, 11) is 0. The van der Waals surface area contributed by atoms with Gasteiger partial charge in [-0.3, -0.25) is 9.59 Å². The summed E-state index contributed by atoms with van der Waals surface area (Å²) in [6.07, 6.45) is 0.791. The van der Waals surface area contributed by atoms with Crippen molar-refractivity contribution in [2.45, 2.75) is 45.8 Å². The van der Waals surface area contributed by atoms with Crippen LogP contribution in [0.1, 0.15) is 32.8 Å². The lowest BCUT2D eigenvalue weighted by Crippen LogP contribution is -2.50. The largest absolute Gasteiger partial charge is 0.484 e. The molecule has 0 aliphatic carbocycles. The summed E-state index contributed by atoms with van der Waals surface area (Å²) < 4.78 is 5.59. The number of hydrogen-bond donors (Lipinski definition) is 1. The van der Waals surface area contributed by atoms with Crippen LogP contribution in [0.15, 0.2) is 42.5 Å². The Morgan fingerprint density at radius 2 is 1.70 bits per heavy atom. The Kier molecular flexibility index (Phi) is 9.28. The van der Waals surface area contributed by atoms with Crippen LogP contribution < -0.4 is 10.1 Å². The van der Waals surface area contributed by atoms with Crippen LogP contribution in [0.5, 0.6) is 5.75 Å². The molecule has 0 heterocycles. The van der Waals surface area contributed by atoms with Crippen LogP contribution in [-0.2, 0) is 16.1 Å². The highest BCUT2D eigenvalue weighted by Crippen LogP contribution is 2.24. The molecule has 1 N–H and O–H groups in total. The van der Waals surface area contributed by atoms with Crippen LogP contribution >= 0.6 is 34.8 Å². The Morgan fingerprint density at radius 1 is 1.03 bits per heavy atom. The van der Waals surface area contributed by atoms with Crippen molar-refractivity contribution in [1.29, 1.82) is 0 Å². The molecule has 0 unspecified atom stereocenters. The standard InChI is InChI=1S/C22H25Cl3N2O3/c1-4-14(2)26-22(29)15(3)27(12-16-5-10-19(24)20(25)11-16)21(28)13-30-18-8-6-17(23)7-9-18/h5-11,14-15H,4,12-13H2,1-3H3,(H,26,29)/t14-,15-/m0/s1. The highest BCUT2D eigenvalue weighted by atomic mass is 35.5. The Hall–Kier alpha value is -1.95. The van der Waals surface area contributed by atoms with Gasteiger partial charge in [0, 0.05) is 17.6 Å². The van der Waals surface area contributed by atoms with Crippen molar-refractivity contribution in [2.75, 3.05) is 6.61 Å². The van der Waals surface area contributed by atoms with Crippen LogP contribution in [0.25, 0.3) is 0 Å². The summed E-state index contributed by atoms with van der Waals surface area (Å²) in [5, 5.41) is 4.30. The van der Waals surface area contributed by atoms with Gasteiger partial charge in [0.1, 0.15) is 11.8 Å². The van der Waals surface area contributed by atoms with E-state index in [2.05, 4.69) is 5.32 Å². The summed E-state index contributed by atoms with van der Waals surface area (Å²) in [6.45, 7) is 5.56. The van der Waals surface area contributed by atoms with Crippen molar-refractivity contribution < 1.29 is 14.3 Å². The molecule has 8 heteroatoms. The van der Waals surface area contributed by atoms with Crippen molar-refractivity contribution >= 4 is 46.6 Å². The van der Waals surface area contributed by atoms with Gasteiger partial charge in [0.2, 0.25) is 5.91 Å². The molecular formula is C22H25Cl3N2O3. The van der Waals surface area contributed by atoms with Gasteiger partial charge in [-0.15, -0.1) is 0 Å². The molecule has 0 aromatic heterocycles. The van der Waals surface area contributed by atoms with Crippen LogP contribution in [0.2, 0.25) is 15.1 Å². The van der Waals surface area contributed by atoms with Gasteiger partial charge in [-0.05, 0) is 62.2 Å². The zero-order valence-electron chi connectivity index (χ0n) is 17.1. The molecule has 30 heavy (non-hydrogen) atoms. The fraction of sp³-hybridized carbons (Fsp3) is 0.364. The van der Waals surface area contributed by atoms with E-state index in [1.165, 1.54) is 4.90 Å². The highest BCUT2D eigenvalue weighted by Gasteiger charge is 2.27. The van der Waals surface area contributed by atoms with E-state index >= 15 is 0 Å². The molecule has 0 fully saturated rings. The second kappa shape index (κ2) is 11.4. The quantitative estimate of drug-likeness (QED) is 0.536. The molecule has 2 rings (SSSR count). The molecule has 2 amide bonds. The first-order valence-corrected chi connectivity index (χ1v) is 10.8. The summed E-state index contributed by atoms with van der Waals surface area (Å²) in [4.78, 5) is 27.1. The molecule has 0 bridgehead atoms. The van der Waals surface area contributed by atoms with E-state index in [9.17, 15) is 9.59 Å². The summed E-state index contributed by atoms with van der Waals surface area (Å²) in [5.74, 6) is -0.0500. The molecule has 5 nitrogen and oxygen atoms in total. The van der Waals surface area contributed by atoms with Gasteiger partial charge < -0.3 is 15.0 Å². The third kappa shape index (κ3) is 7.08. The minimum absolute atomic E-state index is 0.00666. The van der Waals surface area contributed by atoms with Gasteiger partial charge in [-0.1, -0.05) is 47.8 Å². The molecule has 2 atom stereocenters. The van der Waals surface area contributed by atoms with E-state index in [4.69, 9.17) is 39.5 Å². The minimum Gasteiger partial charge on any atom is -0.484 e. The smallest absolute Gasteiger partial charge is 0.261 e. The Labute approximate surface area is 192 Å². The number of carbonyl (C=O) groups is 2. The van der Waals surface area contributed by atoms with Gasteiger partial charge in [0.05, 0.1) is 10.0 Å². The SMILES string of the molecule is CC[C@H](C)NC(=O)[C@H](C)N(Cc1ccc(Cl)c(Cl)c1)C(=O)COc1ccc(Cl)cc1. The number of nitrogens with zero attached hydrogens (tertiary/aromatic N) is 1. The second-order valence-electron chi connectivity index (χ2n) is 7.01. The maximum atomic E-state index is 13.0. The van der Waals surface area contributed by atoms with E-state index < -0.39 is 6.04 Å². The number of hydrogen-bond acceptors (Lipinski definition) is 3. The number of ether oxygens (including phenoxy) is 1. The molecule has 0 saturated heterocycles. The van der Waals surface area contributed by atoms with Crippen LogP contribution in [0, 0.1) is 0 Å². The average Bonchev–Trinajstić information content (AvgIpc) is 2.73. The van der Waals surface area contributed by atoms with Crippen LogP contribution in [0.4, 0.5) is 0 Å². The Balaban J connectivity index is 2.17. The number of rotatable bonds is 9. The second-order valence-corrected chi connectivity index (χ2v) is 8.26. The third-order valence-electron chi connectivity index (χ3n) is 4.68. The minimum atomic E-state index is -0.699. The van der Waals surface area contributed by atoms with E-state index in [-0.39, 0.29) is 31.0 Å². The molecule has 0 aliphatic heterocycles. The van der Waals surface area contributed by atoms with Gasteiger partial charge in [0.15, 0.2) is 6.61 Å². The lowest BCUT2D eigenvalue weighted by atomic mass is 10.1. The maximum absolute atomic E-state index is 13.0. The summed E-state index contributed by atoms with van der Waals surface area (Å²) in [6, 6.07) is 11.1. The van der Waals surface area contributed by atoms with Crippen molar-refractivity contribution in [2.24, 2.45) is 0 Å². The average molecular weight is 472 g/mol. The van der Waals surface area contributed by atoms with E-state index in [1.807, 2.05) is 13.8 Å². The lowest BCUT2D eigenvalue weighted by molar-refractivity contribution is -0.142. The Bertz CT molecular complexity index is 874. The molecule has 2 aromatic rings. The summed E-state index contributed by atoms with van der Waals surface area (Å²) in [5.41, 5.74) is 0.757.